The summed E-state index contributed by atoms with van der Waals surface area (Å²) in [6.07, 6.45) is 8.93. The van der Waals surface area contributed by atoms with Gasteiger partial charge in [-0.3, -0.25) is 0 Å². The lowest BCUT2D eigenvalue weighted by Gasteiger charge is -2.26. The van der Waals surface area contributed by atoms with Crippen molar-refractivity contribution < 1.29 is 5.11 Å². The largest absolute Gasteiger partial charge is 0.390 e. The average molecular weight is 403 g/mol. The summed E-state index contributed by atoms with van der Waals surface area (Å²) in [5.41, 5.74) is 3.96. The van der Waals surface area contributed by atoms with Gasteiger partial charge in [0.05, 0.1) is 23.0 Å². The number of anilines is 1. The Morgan fingerprint density at radius 3 is 2.70 bits per heavy atom. The van der Waals surface area contributed by atoms with Crippen molar-refractivity contribution in [1.82, 2.24) is 14.8 Å². The summed E-state index contributed by atoms with van der Waals surface area (Å²) >= 11 is 0. The molecule has 0 radical (unpaired) electrons. The maximum absolute atomic E-state index is 10.4. The van der Waals surface area contributed by atoms with E-state index in [0.29, 0.717) is 10.8 Å². The third kappa shape index (κ3) is 2.64. The van der Waals surface area contributed by atoms with Gasteiger partial charge in [-0.05, 0) is 68.1 Å². The standard InChI is InChI=1S/C25H30N4O/c1-23(2,30)19-7-11-28(15-19)22-13-20(6-10-26-22)29-21-12-18(5-4-17(21)14-27-29)24(3)16-25(24)8-9-25/h4-6,10,12-14,19,30H,7-9,11,15-16H2,1-3H3/t19-,24+/m1/s1. The van der Waals surface area contributed by atoms with Crippen LogP contribution >= 0.6 is 0 Å². The maximum Gasteiger partial charge on any atom is 0.130 e. The summed E-state index contributed by atoms with van der Waals surface area (Å²) in [6, 6.07) is 11.1. The first-order valence-electron chi connectivity index (χ1n) is 11.2. The number of benzene rings is 1. The molecule has 5 heteroatoms. The zero-order chi connectivity index (χ0) is 20.7. The van der Waals surface area contributed by atoms with Gasteiger partial charge >= 0.3 is 0 Å². The van der Waals surface area contributed by atoms with Crippen LogP contribution in [0.5, 0.6) is 0 Å². The molecular formula is C25H30N4O. The quantitative estimate of drug-likeness (QED) is 0.700. The number of nitrogens with zero attached hydrogens (tertiary/aromatic N) is 4. The van der Waals surface area contributed by atoms with E-state index in [1.165, 1.54) is 35.7 Å². The minimum atomic E-state index is -0.654. The van der Waals surface area contributed by atoms with Crippen LogP contribution in [0.2, 0.25) is 0 Å². The van der Waals surface area contributed by atoms with E-state index in [0.717, 1.165) is 31.0 Å². The van der Waals surface area contributed by atoms with Crippen LogP contribution in [-0.4, -0.2) is 38.6 Å². The summed E-state index contributed by atoms with van der Waals surface area (Å²) in [7, 11) is 0. The zero-order valence-corrected chi connectivity index (χ0v) is 18.1. The van der Waals surface area contributed by atoms with Gasteiger partial charge in [-0.15, -0.1) is 0 Å². The molecule has 1 N–H and O–H groups in total. The fraction of sp³-hybridized carbons (Fsp3) is 0.520. The lowest BCUT2D eigenvalue weighted by molar-refractivity contribution is 0.0263. The van der Waals surface area contributed by atoms with Crippen LogP contribution in [0.15, 0.2) is 42.7 Å². The van der Waals surface area contributed by atoms with Crippen LogP contribution in [0.25, 0.3) is 16.6 Å². The second-order valence-electron chi connectivity index (χ2n) is 10.6. The smallest absolute Gasteiger partial charge is 0.130 e. The molecule has 5 nitrogen and oxygen atoms in total. The van der Waals surface area contributed by atoms with Crippen molar-refractivity contribution >= 4 is 16.7 Å². The van der Waals surface area contributed by atoms with Crippen molar-refractivity contribution in [2.45, 2.75) is 57.5 Å². The van der Waals surface area contributed by atoms with Crippen LogP contribution < -0.4 is 4.90 Å². The van der Waals surface area contributed by atoms with Gasteiger partial charge in [0.2, 0.25) is 0 Å². The molecule has 3 aliphatic rings. The number of aromatic nitrogens is 3. The van der Waals surface area contributed by atoms with Gasteiger partial charge < -0.3 is 10.0 Å². The third-order valence-corrected chi connectivity index (χ3v) is 8.28. The average Bonchev–Trinajstić information content (AvgIpc) is 3.42. The van der Waals surface area contributed by atoms with E-state index in [2.05, 4.69) is 45.8 Å². The van der Waals surface area contributed by atoms with Gasteiger partial charge in [0.1, 0.15) is 5.82 Å². The van der Waals surface area contributed by atoms with E-state index < -0.39 is 5.60 Å². The molecule has 0 amide bonds. The number of pyridine rings is 1. The van der Waals surface area contributed by atoms with Crippen molar-refractivity contribution in [2.75, 3.05) is 18.0 Å². The van der Waals surface area contributed by atoms with Crippen LogP contribution in [-0.2, 0) is 5.41 Å². The summed E-state index contributed by atoms with van der Waals surface area (Å²) in [6.45, 7) is 8.01. The van der Waals surface area contributed by atoms with Crippen LogP contribution in [0.1, 0.15) is 52.0 Å². The first-order valence-corrected chi connectivity index (χ1v) is 11.2. The predicted octanol–water partition coefficient (Wildman–Crippen LogP) is 4.46. The molecule has 156 valence electrons. The van der Waals surface area contributed by atoms with E-state index in [1.807, 2.05) is 32.3 Å². The summed E-state index contributed by atoms with van der Waals surface area (Å²) in [5, 5.41) is 16.3. The topological polar surface area (TPSA) is 54.2 Å². The lowest BCUT2D eigenvalue weighted by Crippen LogP contribution is -2.33. The number of rotatable bonds is 4. The Morgan fingerprint density at radius 1 is 1.17 bits per heavy atom. The van der Waals surface area contributed by atoms with E-state index in [-0.39, 0.29) is 5.92 Å². The van der Waals surface area contributed by atoms with E-state index in [9.17, 15) is 5.11 Å². The van der Waals surface area contributed by atoms with Gasteiger partial charge in [-0.2, -0.15) is 5.10 Å². The molecule has 2 atom stereocenters. The maximum atomic E-state index is 10.4. The van der Waals surface area contributed by atoms with Gasteiger partial charge in [0.15, 0.2) is 0 Å². The molecule has 2 aromatic heterocycles. The third-order valence-electron chi connectivity index (χ3n) is 8.28. The second kappa shape index (κ2) is 5.85. The molecule has 3 aromatic rings. The Morgan fingerprint density at radius 2 is 2.00 bits per heavy atom. The Bertz CT molecular complexity index is 1140. The fourth-order valence-corrected chi connectivity index (χ4v) is 5.74. The van der Waals surface area contributed by atoms with Crippen molar-refractivity contribution in [3.63, 3.8) is 0 Å². The highest BCUT2D eigenvalue weighted by molar-refractivity contribution is 5.81. The Labute approximate surface area is 177 Å². The summed E-state index contributed by atoms with van der Waals surface area (Å²) < 4.78 is 2.05. The molecular weight excluding hydrogens is 372 g/mol. The normalized spacial score (nSPS) is 27.2. The predicted molar refractivity (Wildman–Crippen MR) is 119 cm³/mol. The van der Waals surface area contributed by atoms with Gasteiger partial charge in [0.25, 0.3) is 0 Å². The lowest BCUT2D eigenvalue weighted by atomic mass is 9.90. The highest BCUT2D eigenvalue weighted by atomic mass is 16.3. The molecule has 0 bridgehead atoms. The molecule has 2 saturated carbocycles. The summed E-state index contributed by atoms with van der Waals surface area (Å²) in [4.78, 5) is 6.91. The molecule has 1 aromatic carbocycles. The van der Waals surface area contributed by atoms with Crippen LogP contribution in [0.3, 0.4) is 0 Å². The minimum Gasteiger partial charge on any atom is -0.390 e. The van der Waals surface area contributed by atoms with E-state index >= 15 is 0 Å². The summed E-state index contributed by atoms with van der Waals surface area (Å²) in [5.74, 6) is 1.23. The van der Waals surface area contributed by atoms with Crippen molar-refractivity contribution in [2.24, 2.45) is 11.3 Å². The molecule has 2 aliphatic carbocycles. The van der Waals surface area contributed by atoms with Gasteiger partial charge in [0, 0.05) is 36.7 Å². The van der Waals surface area contributed by atoms with Gasteiger partial charge in [-0.1, -0.05) is 19.1 Å². The number of hydrogen-bond donors (Lipinski definition) is 1. The molecule has 1 saturated heterocycles. The van der Waals surface area contributed by atoms with E-state index in [4.69, 9.17) is 5.10 Å². The van der Waals surface area contributed by atoms with Crippen molar-refractivity contribution in [3.8, 4) is 5.69 Å². The minimum absolute atomic E-state index is 0.269. The SMILES string of the molecule is CC(C)(O)[C@@H]1CCN(c2cc(-n3ncc4ccc([C@]5(C)CC56CC6)cc43)ccn2)C1. The number of aliphatic hydroxyl groups is 1. The zero-order valence-electron chi connectivity index (χ0n) is 18.1. The molecule has 30 heavy (non-hydrogen) atoms. The monoisotopic (exact) mass is 402 g/mol. The van der Waals surface area contributed by atoms with Crippen molar-refractivity contribution in [3.05, 3.63) is 48.3 Å². The van der Waals surface area contributed by atoms with Crippen molar-refractivity contribution in [1.29, 1.82) is 0 Å². The molecule has 1 spiro atoms. The highest BCUT2D eigenvalue weighted by Crippen LogP contribution is 2.78. The highest BCUT2D eigenvalue weighted by Gasteiger charge is 2.71. The Kier molecular flexibility index (Phi) is 3.58. The molecule has 3 fully saturated rings. The Hall–Kier alpha value is -2.40. The Balaban J connectivity index is 1.34. The first-order chi connectivity index (χ1) is 14.3. The van der Waals surface area contributed by atoms with Crippen LogP contribution in [0, 0.1) is 11.3 Å². The molecule has 6 rings (SSSR count). The molecule has 0 unspecified atom stereocenters. The fourth-order valence-electron chi connectivity index (χ4n) is 5.74. The first kappa shape index (κ1) is 18.4. The van der Waals surface area contributed by atoms with Gasteiger partial charge in [-0.25, -0.2) is 9.67 Å². The number of hydrogen-bond acceptors (Lipinski definition) is 4. The molecule has 1 aliphatic heterocycles. The van der Waals surface area contributed by atoms with E-state index in [1.54, 1.807) is 0 Å². The molecule has 3 heterocycles. The second-order valence-corrected chi connectivity index (χ2v) is 10.6. The number of fused-ring (bicyclic) bond motifs is 1. The van der Waals surface area contributed by atoms with Crippen LogP contribution in [0.4, 0.5) is 5.82 Å².